The fourth-order valence-electron chi connectivity index (χ4n) is 3.25. The van der Waals surface area contributed by atoms with Crippen LogP contribution in [-0.2, 0) is 6.54 Å². The van der Waals surface area contributed by atoms with E-state index in [1.165, 1.54) is 32.1 Å². The Balaban J connectivity index is 1.95. The summed E-state index contributed by atoms with van der Waals surface area (Å²) in [6.07, 6.45) is 7.96. The Morgan fingerprint density at radius 2 is 2.05 bits per heavy atom. The Morgan fingerprint density at radius 3 is 2.70 bits per heavy atom. The van der Waals surface area contributed by atoms with Gasteiger partial charge in [0.1, 0.15) is 11.5 Å². The van der Waals surface area contributed by atoms with Crippen LogP contribution in [0.3, 0.4) is 0 Å². The third-order valence-corrected chi connectivity index (χ3v) is 4.50. The smallest absolute Gasteiger partial charge is 0.120 e. The Kier molecular flexibility index (Phi) is 5.72. The van der Waals surface area contributed by atoms with E-state index in [0.717, 1.165) is 23.7 Å². The van der Waals surface area contributed by atoms with E-state index in [0.29, 0.717) is 18.3 Å². The minimum atomic E-state index is 0.344. The lowest BCUT2D eigenvalue weighted by Gasteiger charge is -2.30. The highest BCUT2D eigenvalue weighted by molar-refractivity contribution is 5.39. The molecule has 1 unspecified atom stereocenters. The Hall–Kier alpha value is -1.22. The average Bonchev–Trinajstić information content (AvgIpc) is 2.50. The lowest BCUT2D eigenvalue weighted by atomic mass is 9.83. The predicted molar refractivity (Wildman–Crippen MR) is 82.2 cm³/mol. The molecule has 2 N–H and O–H groups in total. The zero-order valence-corrected chi connectivity index (χ0v) is 12.7. The molecule has 0 heterocycles. The third kappa shape index (κ3) is 3.89. The molecule has 112 valence electrons. The Labute approximate surface area is 122 Å². The van der Waals surface area contributed by atoms with E-state index >= 15 is 0 Å². The largest absolute Gasteiger partial charge is 0.508 e. The van der Waals surface area contributed by atoms with Gasteiger partial charge >= 0.3 is 0 Å². The average molecular weight is 277 g/mol. The van der Waals surface area contributed by atoms with Crippen molar-refractivity contribution >= 4 is 0 Å². The molecule has 2 rings (SSSR count). The molecule has 1 fully saturated rings. The molecule has 0 aromatic heterocycles. The minimum Gasteiger partial charge on any atom is -0.508 e. The van der Waals surface area contributed by atoms with Crippen molar-refractivity contribution in [2.75, 3.05) is 7.11 Å². The van der Waals surface area contributed by atoms with Crippen molar-refractivity contribution in [2.24, 2.45) is 5.92 Å². The molecule has 0 aliphatic heterocycles. The molecule has 1 aromatic rings. The quantitative estimate of drug-likeness (QED) is 0.830. The summed E-state index contributed by atoms with van der Waals surface area (Å²) >= 11 is 0. The second-order valence-corrected chi connectivity index (χ2v) is 5.79. The number of hydrogen-bond acceptors (Lipinski definition) is 3. The first-order chi connectivity index (χ1) is 9.74. The number of phenolic OH excluding ortho intramolecular Hbond substituents is 1. The minimum absolute atomic E-state index is 0.344. The number of ether oxygens (including phenoxy) is 1. The lowest BCUT2D eigenvalue weighted by molar-refractivity contribution is 0.261. The number of phenols is 1. The molecule has 0 saturated heterocycles. The number of rotatable bonds is 6. The van der Waals surface area contributed by atoms with Crippen molar-refractivity contribution in [3.8, 4) is 11.5 Å². The zero-order valence-electron chi connectivity index (χ0n) is 12.7. The number of methoxy groups -OCH3 is 1. The second-order valence-electron chi connectivity index (χ2n) is 5.79. The highest BCUT2D eigenvalue weighted by Gasteiger charge is 2.22. The summed E-state index contributed by atoms with van der Waals surface area (Å²) in [4.78, 5) is 0. The van der Waals surface area contributed by atoms with Crippen molar-refractivity contribution in [2.45, 2.75) is 58.0 Å². The van der Waals surface area contributed by atoms with Crippen LogP contribution in [0.2, 0.25) is 0 Å². The first-order valence-electron chi connectivity index (χ1n) is 7.83. The SMILES string of the molecule is CCC(NCc1cc(OC)ccc1O)C1CCCCC1. The molecule has 20 heavy (non-hydrogen) atoms. The topological polar surface area (TPSA) is 41.5 Å². The van der Waals surface area contributed by atoms with E-state index in [1.807, 2.05) is 6.07 Å². The van der Waals surface area contributed by atoms with Gasteiger partial charge in [0.2, 0.25) is 0 Å². The van der Waals surface area contributed by atoms with Crippen LogP contribution >= 0.6 is 0 Å². The first-order valence-corrected chi connectivity index (χ1v) is 7.83. The van der Waals surface area contributed by atoms with Gasteiger partial charge in [-0.05, 0) is 43.4 Å². The van der Waals surface area contributed by atoms with Gasteiger partial charge in [-0.25, -0.2) is 0 Å². The van der Waals surface area contributed by atoms with Crippen LogP contribution in [0.5, 0.6) is 11.5 Å². The number of nitrogens with one attached hydrogen (secondary N) is 1. The van der Waals surface area contributed by atoms with Crippen molar-refractivity contribution in [3.05, 3.63) is 23.8 Å². The fraction of sp³-hybridized carbons (Fsp3) is 0.647. The zero-order chi connectivity index (χ0) is 14.4. The molecule has 3 heteroatoms. The van der Waals surface area contributed by atoms with Gasteiger partial charge in [0.15, 0.2) is 0 Å². The van der Waals surface area contributed by atoms with Crippen molar-refractivity contribution < 1.29 is 9.84 Å². The molecule has 0 amide bonds. The normalized spacial score (nSPS) is 17.9. The molecule has 0 spiro atoms. The summed E-state index contributed by atoms with van der Waals surface area (Å²) in [5.41, 5.74) is 0.915. The first kappa shape index (κ1) is 15.2. The molecule has 3 nitrogen and oxygen atoms in total. The lowest BCUT2D eigenvalue weighted by Crippen LogP contribution is -2.36. The summed E-state index contributed by atoms with van der Waals surface area (Å²) < 4.78 is 5.22. The van der Waals surface area contributed by atoms with Crippen LogP contribution in [0.15, 0.2) is 18.2 Å². The monoisotopic (exact) mass is 277 g/mol. The molecule has 1 aromatic carbocycles. The van der Waals surface area contributed by atoms with E-state index in [4.69, 9.17) is 4.74 Å². The van der Waals surface area contributed by atoms with E-state index < -0.39 is 0 Å². The number of aromatic hydroxyl groups is 1. The van der Waals surface area contributed by atoms with Gasteiger partial charge in [-0.15, -0.1) is 0 Å². The van der Waals surface area contributed by atoms with Crippen LogP contribution in [0, 0.1) is 5.92 Å². The van der Waals surface area contributed by atoms with Crippen LogP contribution in [0.1, 0.15) is 51.0 Å². The molecule has 1 aliphatic rings. The van der Waals surface area contributed by atoms with E-state index in [9.17, 15) is 5.11 Å². The van der Waals surface area contributed by atoms with Crippen LogP contribution in [0.25, 0.3) is 0 Å². The van der Waals surface area contributed by atoms with Crippen LogP contribution in [-0.4, -0.2) is 18.3 Å². The Bertz CT molecular complexity index is 413. The number of benzene rings is 1. The molecule has 1 saturated carbocycles. The Morgan fingerprint density at radius 1 is 1.30 bits per heavy atom. The van der Waals surface area contributed by atoms with Gasteiger partial charge < -0.3 is 15.2 Å². The van der Waals surface area contributed by atoms with Gasteiger partial charge in [-0.2, -0.15) is 0 Å². The molecular formula is C17H27NO2. The van der Waals surface area contributed by atoms with Gasteiger partial charge in [0.05, 0.1) is 7.11 Å². The standard InChI is InChI=1S/C17H27NO2/c1-3-16(13-7-5-4-6-8-13)18-12-14-11-15(20-2)9-10-17(14)19/h9-11,13,16,18-19H,3-8,12H2,1-2H3. The maximum Gasteiger partial charge on any atom is 0.120 e. The van der Waals surface area contributed by atoms with E-state index in [1.54, 1.807) is 19.2 Å². The van der Waals surface area contributed by atoms with Gasteiger partial charge in [0.25, 0.3) is 0 Å². The third-order valence-electron chi connectivity index (χ3n) is 4.50. The summed E-state index contributed by atoms with van der Waals surface area (Å²) in [6.45, 7) is 2.95. The highest BCUT2D eigenvalue weighted by Crippen LogP contribution is 2.28. The molecular weight excluding hydrogens is 250 g/mol. The van der Waals surface area contributed by atoms with E-state index in [2.05, 4.69) is 12.2 Å². The van der Waals surface area contributed by atoms with Crippen LogP contribution in [0.4, 0.5) is 0 Å². The van der Waals surface area contributed by atoms with Crippen molar-refractivity contribution in [1.29, 1.82) is 0 Å². The second kappa shape index (κ2) is 7.53. The van der Waals surface area contributed by atoms with Gasteiger partial charge in [-0.1, -0.05) is 26.2 Å². The fourth-order valence-corrected chi connectivity index (χ4v) is 3.25. The summed E-state index contributed by atoms with van der Waals surface area (Å²) in [5, 5.41) is 13.6. The molecule has 1 aliphatic carbocycles. The van der Waals surface area contributed by atoms with E-state index in [-0.39, 0.29) is 0 Å². The highest BCUT2D eigenvalue weighted by atomic mass is 16.5. The predicted octanol–water partition coefficient (Wildman–Crippen LogP) is 3.85. The number of hydrogen-bond donors (Lipinski definition) is 2. The maximum atomic E-state index is 9.93. The van der Waals surface area contributed by atoms with Crippen molar-refractivity contribution in [3.63, 3.8) is 0 Å². The molecule has 0 radical (unpaired) electrons. The van der Waals surface area contributed by atoms with Crippen LogP contribution < -0.4 is 10.1 Å². The van der Waals surface area contributed by atoms with Gasteiger partial charge in [-0.3, -0.25) is 0 Å². The maximum absolute atomic E-state index is 9.93. The summed E-state index contributed by atoms with van der Waals surface area (Å²) in [6, 6.07) is 5.96. The molecule has 0 bridgehead atoms. The van der Waals surface area contributed by atoms with Crippen molar-refractivity contribution in [1.82, 2.24) is 5.32 Å². The molecule has 1 atom stereocenters. The summed E-state index contributed by atoms with van der Waals surface area (Å²) in [7, 11) is 1.65. The summed E-state index contributed by atoms with van der Waals surface area (Å²) in [5.74, 6) is 1.93. The van der Waals surface area contributed by atoms with Gasteiger partial charge in [0, 0.05) is 18.2 Å².